The number of carbonyl (C=O) groups excluding carboxylic acids is 10. The number of hydrogen-bond acceptors (Lipinski definition) is 12. The van der Waals surface area contributed by atoms with Gasteiger partial charge in [0.15, 0.2) is 0 Å². The number of fused-ring (bicyclic) bond motifs is 4. The van der Waals surface area contributed by atoms with Crippen molar-refractivity contribution >= 4 is 70.5 Å². The van der Waals surface area contributed by atoms with E-state index in [4.69, 9.17) is 5.73 Å². The zero-order valence-corrected chi connectivity index (χ0v) is 43.0. The summed E-state index contributed by atoms with van der Waals surface area (Å²) in [5.74, 6) is -7.29. The summed E-state index contributed by atoms with van der Waals surface area (Å²) in [6.45, 7) is 18.2. The molecule has 3 aliphatic rings. The van der Waals surface area contributed by atoms with Gasteiger partial charge in [0, 0.05) is 32.5 Å². The molecule has 0 saturated carbocycles. The Morgan fingerprint density at radius 1 is 0.831 bits per heavy atom. The van der Waals surface area contributed by atoms with E-state index in [1.807, 2.05) is 13.8 Å². The van der Waals surface area contributed by atoms with E-state index < -0.39 is 118 Å². The van der Waals surface area contributed by atoms with E-state index in [1.54, 1.807) is 71.9 Å². The number of nitrogens with two attached hydrogens (primary N) is 1. The Hall–Kier alpha value is -6.61. The zero-order chi connectivity index (χ0) is 53.1. The fourth-order valence-corrected chi connectivity index (χ4v) is 9.11. The van der Waals surface area contributed by atoms with Crippen molar-refractivity contribution in [3.05, 3.63) is 30.3 Å². The molecule has 0 aliphatic carbocycles. The summed E-state index contributed by atoms with van der Waals surface area (Å²) in [5, 5.41) is 28.1. The molecule has 0 radical (unpaired) electrons. The standard InChI is InChI=1S/C49H76N12O10/c1-26(2)23-34(39(50)63)56-41(65)32-19-15-21-51-40(64)36-25-49(11,61(59-36)31-17-13-12-14-18-31)47(71)52-22-16-20-33(54-43(67)37(27(3)4)53-30(8)62)42(66)57-35-24-29(7)60(45(35)69)48(9,10)46(70)58-38(28(5)6)44(68)55-32/h12-14,17-18,26-29,32-35,37-38H,15-16,19-25H2,1-11H3,(H2,50,63)(H,51,64)(H,52,71)(H,53,62)(H,54,67)(H,55,68)(H,56,65)(H,57,66)(H,58,70)/t29?,32-,33-,34-,35-,37-,38-,49?/m0/s1. The number of para-hydroxylation sites is 1. The van der Waals surface area contributed by atoms with Gasteiger partial charge in [0.2, 0.25) is 53.2 Å². The Morgan fingerprint density at radius 2 is 1.46 bits per heavy atom. The molecule has 1 aromatic carbocycles. The molecule has 2 unspecified atom stereocenters. The van der Waals surface area contributed by atoms with Crippen molar-refractivity contribution in [2.45, 2.75) is 174 Å². The third kappa shape index (κ3) is 14.5. The molecule has 2 saturated heterocycles. The number of carbonyl (C=O) groups is 10. The monoisotopic (exact) mass is 993 g/mol. The Morgan fingerprint density at radius 3 is 2.06 bits per heavy atom. The third-order valence-corrected chi connectivity index (χ3v) is 13.1. The first-order chi connectivity index (χ1) is 33.2. The smallest absolute Gasteiger partial charge is 0.267 e. The largest absolute Gasteiger partial charge is 0.368 e. The number of amides is 10. The molecule has 8 atom stereocenters. The maximum atomic E-state index is 14.3. The van der Waals surface area contributed by atoms with Crippen molar-refractivity contribution in [2.75, 3.05) is 18.1 Å². The van der Waals surface area contributed by atoms with Crippen LogP contribution in [0.3, 0.4) is 0 Å². The average Bonchev–Trinajstić information content (AvgIpc) is 3.80. The van der Waals surface area contributed by atoms with Crippen LogP contribution in [0.25, 0.3) is 0 Å². The van der Waals surface area contributed by atoms with Gasteiger partial charge in [0.1, 0.15) is 53.0 Å². The summed E-state index contributed by atoms with van der Waals surface area (Å²) in [7, 11) is 0. The lowest BCUT2D eigenvalue weighted by atomic mass is 9.93. The molecular formula is C49H76N12O10. The van der Waals surface area contributed by atoms with Crippen molar-refractivity contribution in [3.8, 4) is 0 Å². The predicted molar refractivity (Wildman–Crippen MR) is 264 cm³/mol. The molecule has 3 aliphatic heterocycles. The van der Waals surface area contributed by atoms with Gasteiger partial charge in [-0.25, -0.2) is 5.01 Å². The van der Waals surface area contributed by atoms with Crippen LogP contribution in [-0.4, -0.2) is 136 Å². The van der Waals surface area contributed by atoms with E-state index in [9.17, 15) is 47.9 Å². The molecule has 1 aromatic rings. The third-order valence-electron chi connectivity index (χ3n) is 13.1. The molecule has 22 nitrogen and oxygen atoms in total. The van der Waals surface area contributed by atoms with E-state index >= 15 is 0 Å². The van der Waals surface area contributed by atoms with Crippen molar-refractivity contribution in [1.29, 1.82) is 0 Å². The highest BCUT2D eigenvalue weighted by Gasteiger charge is 2.50. The summed E-state index contributed by atoms with van der Waals surface area (Å²) in [6, 6.07) is 1.29. The van der Waals surface area contributed by atoms with Gasteiger partial charge >= 0.3 is 0 Å². The molecule has 392 valence electrons. The lowest BCUT2D eigenvalue weighted by Crippen LogP contribution is -2.63. The second-order valence-corrected chi connectivity index (χ2v) is 20.7. The number of hydrogen-bond donors (Lipinski definition) is 9. The van der Waals surface area contributed by atoms with Crippen LogP contribution in [0.15, 0.2) is 35.4 Å². The van der Waals surface area contributed by atoms with Crippen LogP contribution >= 0.6 is 0 Å². The number of rotatable bonds is 11. The molecule has 4 rings (SSSR count). The highest BCUT2D eigenvalue weighted by molar-refractivity contribution is 6.40. The molecular weight excluding hydrogens is 917 g/mol. The topological polar surface area (TPSA) is 312 Å². The van der Waals surface area contributed by atoms with Crippen LogP contribution in [0.5, 0.6) is 0 Å². The molecule has 3 heterocycles. The Balaban J connectivity index is 1.73. The number of primary amides is 1. The van der Waals surface area contributed by atoms with Gasteiger partial charge < -0.3 is 53.2 Å². The summed E-state index contributed by atoms with van der Waals surface area (Å²) in [5.41, 5.74) is 3.23. The Labute approximate surface area is 416 Å². The molecule has 4 bridgehead atoms. The summed E-state index contributed by atoms with van der Waals surface area (Å²) >= 11 is 0. The first-order valence-electron chi connectivity index (χ1n) is 24.6. The molecule has 2 fully saturated rings. The normalized spacial score (nSPS) is 26.1. The van der Waals surface area contributed by atoms with Crippen molar-refractivity contribution < 1.29 is 47.9 Å². The van der Waals surface area contributed by atoms with Crippen molar-refractivity contribution in [2.24, 2.45) is 28.6 Å². The van der Waals surface area contributed by atoms with E-state index in [0.29, 0.717) is 5.69 Å². The van der Waals surface area contributed by atoms with Gasteiger partial charge in [0.25, 0.3) is 5.91 Å². The lowest BCUT2D eigenvalue weighted by molar-refractivity contribution is -0.147. The van der Waals surface area contributed by atoms with Crippen LogP contribution in [0.1, 0.15) is 121 Å². The minimum absolute atomic E-state index is 0.00653. The summed E-state index contributed by atoms with van der Waals surface area (Å²) < 4.78 is 0. The highest BCUT2D eigenvalue weighted by Crippen LogP contribution is 2.34. The van der Waals surface area contributed by atoms with Gasteiger partial charge in [-0.05, 0) is 96.1 Å². The minimum Gasteiger partial charge on any atom is -0.368 e. The van der Waals surface area contributed by atoms with Crippen molar-refractivity contribution in [3.63, 3.8) is 0 Å². The maximum Gasteiger partial charge on any atom is 0.267 e. The van der Waals surface area contributed by atoms with Crippen LogP contribution in [0, 0.1) is 17.8 Å². The molecule has 22 heteroatoms. The van der Waals surface area contributed by atoms with E-state index in [1.165, 1.54) is 30.7 Å². The van der Waals surface area contributed by atoms with Crippen LogP contribution < -0.4 is 53.3 Å². The second kappa shape index (κ2) is 24.5. The summed E-state index contributed by atoms with van der Waals surface area (Å²) in [4.78, 5) is 138. The Bertz CT molecular complexity index is 2200. The number of benzene rings is 1. The quantitative estimate of drug-likeness (QED) is 0.142. The van der Waals surface area contributed by atoms with Gasteiger partial charge in [-0.3, -0.25) is 47.9 Å². The van der Waals surface area contributed by atoms with Gasteiger partial charge in [-0.2, -0.15) is 5.10 Å². The number of anilines is 1. The summed E-state index contributed by atoms with van der Waals surface area (Å²) in [6.07, 6.45) is 0.470. The van der Waals surface area contributed by atoms with Crippen LogP contribution in [0.4, 0.5) is 5.69 Å². The highest BCUT2D eigenvalue weighted by atomic mass is 16.2. The molecule has 10 N–H and O–H groups in total. The number of nitrogens with zero attached hydrogens (tertiary/aromatic N) is 3. The second-order valence-electron chi connectivity index (χ2n) is 20.7. The first kappa shape index (κ1) is 57.0. The SMILES string of the molecule is CC(=O)N[C@H](C(=O)N[C@H]1CCCNC(=O)C2(C)CC(=NN2c2ccccc2)C(=O)NCCC[C@@H](C(=O)N[C@@H](CC(C)C)C(N)=O)NC(=O)[C@H](C(C)C)NC(=O)C(C)(C)N2C(=O)[C@H](CC2C)NC1=O)C(C)C. The Kier molecular flexibility index (Phi) is 19.6. The maximum absolute atomic E-state index is 14.3. The average molecular weight is 993 g/mol. The molecule has 0 aromatic heterocycles. The van der Waals surface area contributed by atoms with Gasteiger partial charge in [0.05, 0.1) is 5.69 Å². The van der Waals surface area contributed by atoms with E-state index in [0.717, 1.165) is 0 Å². The molecule has 0 spiro atoms. The van der Waals surface area contributed by atoms with Gasteiger partial charge in [-0.15, -0.1) is 0 Å². The van der Waals surface area contributed by atoms with Gasteiger partial charge in [-0.1, -0.05) is 59.7 Å². The number of hydrazone groups is 1. The lowest BCUT2D eigenvalue weighted by Gasteiger charge is -2.38. The first-order valence-corrected chi connectivity index (χ1v) is 24.6. The number of nitrogens with one attached hydrogen (secondary N) is 8. The molecule has 71 heavy (non-hydrogen) atoms. The minimum atomic E-state index is -1.58. The van der Waals surface area contributed by atoms with E-state index in [-0.39, 0.29) is 75.6 Å². The van der Waals surface area contributed by atoms with Crippen molar-refractivity contribution in [1.82, 2.24) is 47.4 Å². The fraction of sp³-hybridized carbons (Fsp3) is 0.653. The van der Waals surface area contributed by atoms with Crippen LogP contribution in [-0.2, 0) is 47.9 Å². The fourth-order valence-electron chi connectivity index (χ4n) is 9.11. The molecule has 10 amide bonds. The predicted octanol–water partition coefficient (Wildman–Crippen LogP) is -0.0107. The van der Waals surface area contributed by atoms with Crippen LogP contribution in [0.2, 0.25) is 0 Å². The zero-order valence-electron chi connectivity index (χ0n) is 43.0. The van der Waals surface area contributed by atoms with E-state index in [2.05, 4.69) is 47.6 Å².